The van der Waals surface area contributed by atoms with Gasteiger partial charge in [0, 0.05) is 10.5 Å². The SMILES string of the molecule is NC1CCCCC1(O)c1ccc(Br)cc1. The molecule has 2 nitrogen and oxygen atoms in total. The molecule has 0 heterocycles. The lowest BCUT2D eigenvalue weighted by Gasteiger charge is -2.38. The summed E-state index contributed by atoms with van der Waals surface area (Å²) in [5.74, 6) is 0. The number of hydrogen-bond donors (Lipinski definition) is 2. The second-order valence-electron chi connectivity index (χ2n) is 4.28. The van der Waals surface area contributed by atoms with Gasteiger partial charge in [0.05, 0.1) is 0 Å². The third kappa shape index (κ3) is 2.10. The average molecular weight is 270 g/mol. The zero-order chi connectivity index (χ0) is 10.9. The molecule has 3 N–H and O–H groups in total. The van der Waals surface area contributed by atoms with E-state index in [4.69, 9.17) is 5.73 Å². The van der Waals surface area contributed by atoms with Gasteiger partial charge in [0.1, 0.15) is 5.60 Å². The highest BCUT2D eigenvalue weighted by Gasteiger charge is 2.37. The molecule has 0 spiro atoms. The van der Waals surface area contributed by atoms with Gasteiger partial charge in [-0.25, -0.2) is 0 Å². The summed E-state index contributed by atoms with van der Waals surface area (Å²) >= 11 is 3.39. The first kappa shape index (κ1) is 11.1. The van der Waals surface area contributed by atoms with Gasteiger partial charge in [0.25, 0.3) is 0 Å². The first-order valence-electron chi connectivity index (χ1n) is 5.37. The molecule has 1 saturated carbocycles. The summed E-state index contributed by atoms with van der Waals surface area (Å²) in [5, 5.41) is 10.6. The molecule has 0 aliphatic heterocycles. The van der Waals surface area contributed by atoms with E-state index < -0.39 is 5.60 Å². The molecule has 1 aliphatic carbocycles. The van der Waals surface area contributed by atoms with Crippen molar-refractivity contribution >= 4 is 15.9 Å². The van der Waals surface area contributed by atoms with Crippen LogP contribution in [0.4, 0.5) is 0 Å². The molecule has 82 valence electrons. The quantitative estimate of drug-likeness (QED) is 0.823. The summed E-state index contributed by atoms with van der Waals surface area (Å²) < 4.78 is 1.03. The van der Waals surface area contributed by atoms with Crippen LogP contribution in [0.15, 0.2) is 28.7 Å². The number of nitrogens with two attached hydrogens (primary N) is 1. The number of aliphatic hydroxyl groups is 1. The average Bonchev–Trinajstić information content (AvgIpc) is 2.23. The highest BCUT2D eigenvalue weighted by atomic mass is 79.9. The maximum Gasteiger partial charge on any atom is 0.105 e. The van der Waals surface area contributed by atoms with Gasteiger partial charge in [0.2, 0.25) is 0 Å². The van der Waals surface area contributed by atoms with Gasteiger partial charge in [-0.3, -0.25) is 0 Å². The number of rotatable bonds is 1. The van der Waals surface area contributed by atoms with Crippen LogP contribution in [0, 0.1) is 0 Å². The van der Waals surface area contributed by atoms with E-state index in [1.54, 1.807) is 0 Å². The van der Waals surface area contributed by atoms with Gasteiger partial charge in [0.15, 0.2) is 0 Å². The van der Waals surface area contributed by atoms with Crippen LogP contribution in [0.5, 0.6) is 0 Å². The second-order valence-corrected chi connectivity index (χ2v) is 5.20. The Hall–Kier alpha value is -0.380. The lowest BCUT2D eigenvalue weighted by Crippen LogP contribution is -2.47. The molecule has 1 aromatic rings. The summed E-state index contributed by atoms with van der Waals surface area (Å²) in [6.45, 7) is 0. The van der Waals surface area contributed by atoms with Gasteiger partial charge in [-0.15, -0.1) is 0 Å². The fourth-order valence-corrected chi connectivity index (χ4v) is 2.54. The molecule has 2 atom stereocenters. The van der Waals surface area contributed by atoms with E-state index >= 15 is 0 Å². The topological polar surface area (TPSA) is 46.2 Å². The first-order valence-corrected chi connectivity index (χ1v) is 6.16. The smallest absolute Gasteiger partial charge is 0.105 e. The van der Waals surface area contributed by atoms with Gasteiger partial charge in [-0.1, -0.05) is 40.9 Å². The normalized spacial score (nSPS) is 31.5. The summed E-state index contributed by atoms with van der Waals surface area (Å²) in [6, 6.07) is 7.68. The Kier molecular flexibility index (Phi) is 3.14. The minimum atomic E-state index is -0.820. The molecule has 0 aromatic heterocycles. The van der Waals surface area contributed by atoms with E-state index in [0.717, 1.165) is 35.7 Å². The largest absolute Gasteiger partial charge is 0.384 e. The Bertz CT molecular complexity index is 338. The molecule has 2 rings (SSSR count). The molecule has 1 fully saturated rings. The third-order valence-corrected chi connectivity index (χ3v) is 3.81. The van der Waals surface area contributed by atoms with Gasteiger partial charge >= 0.3 is 0 Å². The zero-order valence-corrected chi connectivity index (χ0v) is 10.2. The van der Waals surface area contributed by atoms with Crippen LogP contribution in [0.25, 0.3) is 0 Å². The summed E-state index contributed by atoms with van der Waals surface area (Å²) in [5.41, 5.74) is 6.14. The van der Waals surface area contributed by atoms with E-state index in [9.17, 15) is 5.11 Å². The predicted molar refractivity (Wildman–Crippen MR) is 64.5 cm³/mol. The predicted octanol–water partition coefficient (Wildman–Crippen LogP) is 2.54. The van der Waals surface area contributed by atoms with E-state index in [0.29, 0.717) is 0 Å². The molecule has 1 aromatic carbocycles. The monoisotopic (exact) mass is 269 g/mol. The highest BCUT2D eigenvalue weighted by Crippen LogP contribution is 2.36. The summed E-state index contributed by atoms with van der Waals surface area (Å²) in [6.07, 6.45) is 3.86. The van der Waals surface area contributed by atoms with Crippen LogP contribution in [0.1, 0.15) is 31.2 Å². The molecule has 1 aliphatic rings. The van der Waals surface area contributed by atoms with Gasteiger partial charge in [-0.05, 0) is 30.5 Å². The summed E-state index contributed by atoms with van der Waals surface area (Å²) in [7, 11) is 0. The van der Waals surface area contributed by atoms with Crippen molar-refractivity contribution < 1.29 is 5.11 Å². The van der Waals surface area contributed by atoms with Crippen molar-refractivity contribution in [3.8, 4) is 0 Å². The van der Waals surface area contributed by atoms with Crippen LogP contribution in [0.2, 0.25) is 0 Å². The van der Waals surface area contributed by atoms with Crippen molar-refractivity contribution in [1.82, 2.24) is 0 Å². The molecule has 2 unspecified atom stereocenters. The molecule has 3 heteroatoms. The Labute approximate surface area is 98.6 Å². The maximum absolute atomic E-state index is 10.6. The lowest BCUT2D eigenvalue weighted by molar-refractivity contribution is -0.0193. The van der Waals surface area contributed by atoms with Crippen LogP contribution >= 0.6 is 15.9 Å². The van der Waals surface area contributed by atoms with Crippen LogP contribution in [-0.2, 0) is 5.60 Å². The number of benzene rings is 1. The highest BCUT2D eigenvalue weighted by molar-refractivity contribution is 9.10. The Morgan fingerprint density at radius 3 is 2.53 bits per heavy atom. The third-order valence-electron chi connectivity index (χ3n) is 3.28. The molecule has 0 bridgehead atoms. The van der Waals surface area contributed by atoms with E-state index in [1.807, 2.05) is 24.3 Å². The van der Waals surface area contributed by atoms with Crippen molar-refractivity contribution in [3.05, 3.63) is 34.3 Å². The number of hydrogen-bond acceptors (Lipinski definition) is 2. The van der Waals surface area contributed by atoms with Crippen molar-refractivity contribution in [2.75, 3.05) is 0 Å². The number of halogens is 1. The zero-order valence-electron chi connectivity index (χ0n) is 8.62. The molecule has 15 heavy (non-hydrogen) atoms. The van der Waals surface area contributed by atoms with Gasteiger partial charge < -0.3 is 10.8 Å². The van der Waals surface area contributed by atoms with Crippen molar-refractivity contribution in [2.45, 2.75) is 37.3 Å². The molecule has 0 radical (unpaired) electrons. The Morgan fingerprint density at radius 2 is 1.93 bits per heavy atom. The Balaban J connectivity index is 2.30. The minimum absolute atomic E-state index is 0.132. The minimum Gasteiger partial charge on any atom is -0.384 e. The van der Waals surface area contributed by atoms with Crippen molar-refractivity contribution in [3.63, 3.8) is 0 Å². The standard InChI is InChI=1S/C12H16BrNO/c13-10-6-4-9(5-7-10)12(15)8-2-1-3-11(12)14/h4-7,11,15H,1-3,8,14H2. The van der Waals surface area contributed by atoms with E-state index in [2.05, 4.69) is 15.9 Å². The molecular formula is C12H16BrNO. The second kappa shape index (κ2) is 4.24. The van der Waals surface area contributed by atoms with E-state index in [-0.39, 0.29) is 6.04 Å². The van der Waals surface area contributed by atoms with Crippen LogP contribution in [-0.4, -0.2) is 11.1 Å². The van der Waals surface area contributed by atoms with Crippen LogP contribution in [0.3, 0.4) is 0 Å². The first-order chi connectivity index (χ1) is 7.13. The van der Waals surface area contributed by atoms with Crippen molar-refractivity contribution in [1.29, 1.82) is 0 Å². The molecule has 0 saturated heterocycles. The fraction of sp³-hybridized carbons (Fsp3) is 0.500. The lowest BCUT2D eigenvalue weighted by atomic mass is 9.76. The molecule has 0 amide bonds. The Morgan fingerprint density at radius 1 is 1.27 bits per heavy atom. The molecular weight excluding hydrogens is 254 g/mol. The van der Waals surface area contributed by atoms with E-state index in [1.165, 1.54) is 0 Å². The van der Waals surface area contributed by atoms with Gasteiger partial charge in [-0.2, -0.15) is 0 Å². The maximum atomic E-state index is 10.6. The fourth-order valence-electron chi connectivity index (χ4n) is 2.28. The van der Waals surface area contributed by atoms with Crippen molar-refractivity contribution in [2.24, 2.45) is 5.73 Å². The summed E-state index contributed by atoms with van der Waals surface area (Å²) in [4.78, 5) is 0. The van der Waals surface area contributed by atoms with Crippen LogP contribution < -0.4 is 5.73 Å².